The molecule has 3 heterocycles. The smallest absolute Gasteiger partial charge is 0.308 e. The molecule has 0 saturated carbocycles. The maximum Gasteiger partial charge on any atom is 0.308 e. The molecule has 1 aliphatic heterocycles. The molecule has 33 heavy (non-hydrogen) atoms. The molecule has 2 atom stereocenters. The molecule has 0 spiro atoms. The Morgan fingerprint density at radius 3 is 2.85 bits per heavy atom. The van der Waals surface area contributed by atoms with Crippen LogP contribution in [0.1, 0.15) is 36.9 Å². The third kappa shape index (κ3) is 6.05. The molecule has 2 aromatic heterocycles. The minimum atomic E-state index is -0.669. The summed E-state index contributed by atoms with van der Waals surface area (Å²) in [7, 11) is 1.67. The molecular weight excluding hydrogens is 416 g/mol. The van der Waals surface area contributed by atoms with Gasteiger partial charge in [0, 0.05) is 36.7 Å². The third-order valence-corrected chi connectivity index (χ3v) is 6.74. The van der Waals surface area contributed by atoms with E-state index in [9.17, 15) is 9.90 Å². The molecule has 1 aromatic carbocycles. The van der Waals surface area contributed by atoms with E-state index in [4.69, 9.17) is 4.74 Å². The maximum atomic E-state index is 12.0. The minimum Gasteiger partial charge on any atom is -0.497 e. The van der Waals surface area contributed by atoms with E-state index in [1.807, 2.05) is 24.4 Å². The second-order valence-electron chi connectivity index (χ2n) is 8.84. The zero-order valence-electron chi connectivity index (χ0n) is 19.2. The van der Waals surface area contributed by atoms with E-state index >= 15 is 0 Å². The number of methoxy groups -OCH3 is 1. The number of rotatable bonds is 10. The third-order valence-electron chi connectivity index (χ3n) is 6.74. The summed E-state index contributed by atoms with van der Waals surface area (Å²) in [6.07, 6.45) is 12.6. The van der Waals surface area contributed by atoms with Crippen molar-refractivity contribution in [2.24, 2.45) is 11.8 Å². The van der Waals surface area contributed by atoms with Crippen LogP contribution in [-0.2, 0) is 17.6 Å². The van der Waals surface area contributed by atoms with Gasteiger partial charge in [0.1, 0.15) is 5.75 Å². The van der Waals surface area contributed by atoms with Crippen molar-refractivity contribution in [2.75, 3.05) is 26.7 Å². The fourth-order valence-corrected chi connectivity index (χ4v) is 4.92. The molecule has 7 nitrogen and oxygen atoms in total. The average molecular weight is 449 g/mol. The monoisotopic (exact) mass is 448 g/mol. The number of ether oxygens (including phenoxy) is 1. The Morgan fingerprint density at radius 1 is 1.15 bits per heavy atom. The summed E-state index contributed by atoms with van der Waals surface area (Å²) in [6, 6.07) is 8.02. The lowest BCUT2D eigenvalue weighted by Crippen LogP contribution is -2.44. The Hall–Kier alpha value is -3.06. The lowest BCUT2D eigenvalue weighted by molar-refractivity contribution is -0.146. The first-order chi connectivity index (χ1) is 16.1. The van der Waals surface area contributed by atoms with Gasteiger partial charge in [0.05, 0.1) is 24.2 Å². The van der Waals surface area contributed by atoms with E-state index in [1.54, 1.807) is 25.7 Å². The van der Waals surface area contributed by atoms with Crippen molar-refractivity contribution < 1.29 is 14.6 Å². The van der Waals surface area contributed by atoms with Crippen LogP contribution < -0.4 is 4.74 Å². The first-order valence-electron chi connectivity index (χ1n) is 11.8. The van der Waals surface area contributed by atoms with E-state index in [0.29, 0.717) is 6.54 Å². The first-order valence-corrected chi connectivity index (χ1v) is 11.8. The van der Waals surface area contributed by atoms with E-state index in [0.717, 1.165) is 74.0 Å². The predicted molar refractivity (Wildman–Crippen MR) is 127 cm³/mol. The van der Waals surface area contributed by atoms with Gasteiger partial charge in [0.15, 0.2) is 0 Å². The number of aliphatic carboxylic acids is 1. The molecule has 174 valence electrons. The van der Waals surface area contributed by atoms with Gasteiger partial charge in [-0.15, -0.1) is 0 Å². The molecule has 0 radical (unpaired) electrons. The van der Waals surface area contributed by atoms with E-state index in [1.165, 1.54) is 5.56 Å². The van der Waals surface area contributed by atoms with Crippen molar-refractivity contribution in [3.63, 3.8) is 0 Å². The standard InChI is InChI=1S/C26H32N4O3/c1-33-22-7-8-25-23(16-22)19(9-11-29-25)4-2-5-20-10-15-30(18-24(20)26(31)32)14-3-6-21-17-27-12-13-28-21/h7-9,11-13,16-17,20,24H,2-6,10,14-15,18H2,1H3,(H,31,32)/t20-,24+/m1/s1. The first kappa shape index (κ1) is 23.1. The summed E-state index contributed by atoms with van der Waals surface area (Å²) in [6.45, 7) is 2.50. The van der Waals surface area contributed by atoms with E-state index in [2.05, 4.69) is 25.9 Å². The molecule has 4 rings (SSSR count). The number of aryl methyl sites for hydroxylation is 2. The molecule has 1 aliphatic rings. The highest BCUT2D eigenvalue weighted by atomic mass is 16.5. The summed E-state index contributed by atoms with van der Waals surface area (Å²) in [5.41, 5.74) is 3.20. The second-order valence-corrected chi connectivity index (χ2v) is 8.84. The SMILES string of the molecule is COc1ccc2nccc(CCC[C@@H]3CCN(CCCc4cnccn4)C[C@@H]3C(=O)O)c2c1. The summed E-state index contributed by atoms with van der Waals surface area (Å²) in [5.74, 6) is 0.0815. The molecule has 3 aromatic rings. The molecule has 7 heteroatoms. The molecular formula is C26H32N4O3. The fourth-order valence-electron chi connectivity index (χ4n) is 4.92. The highest BCUT2D eigenvalue weighted by Gasteiger charge is 2.33. The van der Waals surface area contributed by atoms with Crippen LogP contribution in [0.4, 0.5) is 0 Å². The van der Waals surface area contributed by atoms with Gasteiger partial charge in [-0.3, -0.25) is 19.7 Å². The van der Waals surface area contributed by atoms with Crippen LogP contribution in [-0.4, -0.2) is 57.7 Å². The molecule has 1 fully saturated rings. The Kier molecular flexibility index (Phi) is 7.83. The van der Waals surface area contributed by atoms with E-state index < -0.39 is 5.97 Å². The van der Waals surface area contributed by atoms with Gasteiger partial charge in [-0.2, -0.15) is 0 Å². The van der Waals surface area contributed by atoms with Crippen LogP contribution in [0.15, 0.2) is 49.1 Å². The van der Waals surface area contributed by atoms with Gasteiger partial charge in [-0.1, -0.05) is 0 Å². The van der Waals surface area contributed by atoms with Crippen LogP contribution in [0, 0.1) is 11.8 Å². The van der Waals surface area contributed by atoms with Crippen LogP contribution >= 0.6 is 0 Å². The molecule has 1 saturated heterocycles. The van der Waals surface area contributed by atoms with Crippen LogP contribution in [0.5, 0.6) is 5.75 Å². The van der Waals surface area contributed by atoms with Crippen molar-refractivity contribution in [2.45, 2.75) is 38.5 Å². The van der Waals surface area contributed by atoms with Gasteiger partial charge in [-0.25, -0.2) is 0 Å². The number of fused-ring (bicyclic) bond motifs is 1. The number of carboxylic acid groups (broad SMARTS) is 1. The fraction of sp³-hybridized carbons (Fsp3) is 0.462. The number of carbonyl (C=O) groups is 1. The number of likely N-dealkylation sites (tertiary alicyclic amines) is 1. The van der Waals surface area contributed by atoms with E-state index in [-0.39, 0.29) is 11.8 Å². The zero-order valence-corrected chi connectivity index (χ0v) is 19.2. The van der Waals surface area contributed by atoms with Crippen molar-refractivity contribution in [3.8, 4) is 5.75 Å². The number of piperidine rings is 1. The highest BCUT2D eigenvalue weighted by molar-refractivity contribution is 5.83. The molecule has 1 N–H and O–H groups in total. The van der Waals surface area contributed by atoms with Gasteiger partial charge in [-0.05, 0) is 87.4 Å². The summed E-state index contributed by atoms with van der Waals surface area (Å²) >= 11 is 0. The van der Waals surface area contributed by atoms with Crippen LogP contribution in [0.25, 0.3) is 10.9 Å². The van der Waals surface area contributed by atoms with Crippen LogP contribution in [0.3, 0.4) is 0 Å². The number of benzene rings is 1. The quantitative estimate of drug-likeness (QED) is 0.501. The van der Waals surface area contributed by atoms with Gasteiger partial charge >= 0.3 is 5.97 Å². The number of aromatic nitrogens is 3. The number of hydrogen-bond acceptors (Lipinski definition) is 6. The number of pyridine rings is 1. The lowest BCUT2D eigenvalue weighted by atomic mass is 9.81. The maximum absolute atomic E-state index is 12.0. The normalized spacial score (nSPS) is 18.9. The predicted octanol–water partition coefficient (Wildman–Crippen LogP) is 4.01. The zero-order chi connectivity index (χ0) is 23.0. The second kappa shape index (κ2) is 11.2. The van der Waals surface area contributed by atoms with Crippen molar-refractivity contribution in [1.82, 2.24) is 19.9 Å². The Labute approximate surface area is 194 Å². The molecule has 0 amide bonds. The Morgan fingerprint density at radius 2 is 2.06 bits per heavy atom. The Bertz CT molecular complexity index is 1060. The number of carboxylic acids is 1. The van der Waals surface area contributed by atoms with Gasteiger partial charge in [0.2, 0.25) is 0 Å². The number of nitrogens with zero attached hydrogens (tertiary/aromatic N) is 4. The van der Waals surface area contributed by atoms with Gasteiger partial charge in [0.25, 0.3) is 0 Å². The summed E-state index contributed by atoms with van der Waals surface area (Å²) in [5, 5.41) is 11.0. The van der Waals surface area contributed by atoms with Crippen molar-refractivity contribution in [3.05, 3.63) is 60.3 Å². The molecule has 0 unspecified atom stereocenters. The Balaban J connectivity index is 1.29. The van der Waals surface area contributed by atoms with Crippen molar-refractivity contribution >= 4 is 16.9 Å². The summed E-state index contributed by atoms with van der Waals surface area (Å²) in [4.78, 5) is 27.2. The van der Waals surface area contributed by atoms with Gasteiger partial charge < -0.3 is 14.7 Å². The average Bonchev–Trinajstić information content (AvgIpc) is 2.85. The lowest BCUT2D eigenvalue weighted by Gasteiger charge is -2.36. The van der Waals surface area contributed by atoms with Crippen LogP contribution in [0.2, 0.25) is 0 Å². The molecule has 0 aliphatic carbocycles. The number of hydrogen-bond donors (Lipinski definition) is 1. The minimum absolute atomic E-state index is 0.223. The molecule has 0 bridgehead atoms. The summed E-state index contributed by atoms with van der Waals surface area (Å²) < 4.78 is 5.38. The van der Waals surface area contributed by atoms with Crippen molar-refractivity contribution in [1.29, 1.82) is 0 Å². The highest BCUT2D eigenvalue weighted by Crippen LogP contribution is 2.30. The largest absolute Gasteiger partial charge is 0.497 e. The topological polar surface area (TPSA) is 88.4 Å².